The number of aromatic nitrogens is 2. The zero-order valence-electron chi connectivity index (χ0n) is 11.7. The Morgan fingerprint density at radius 2 is 1.68 bits per heavy atom. The van der Waals surface area contributed by atoms with Gasteiger partial charge in [-0.15, -0.1) is 0 Å². The average molecular weight is 287 g/mol. The molecule has 1 heterocycles. The van der Waals surface area contributed by atoms with Crippen molar-refractivity contribution in [3.8, 4) is 0 Å². The van der Waals surface area contributed by atoms with E-state index in [1.54, 1.807) is 11.0 Å². The van der Waals surface area contributed by atoms with E-state index < -0.39 is 0 Å². The number of para-hydroxylation sites is 2. The molecule has 3 aromatic carbocycles. The molecule has 4 heteroatoms. The topological polar surface area (TPSA) is 46.9 Å². The minimum Gasteiger partial charge on any atom is -0.267 e. The maximum absolute atomic E-state index is 12.6. The summed E-state index contributed by atoms with van der Waals surface area (Å²) in [7, 11) is 0. The first-order valence-electron chi connectivity index (χ1n) is 7.04. The molecule has 0 bridgehead atoms. The van der Waals surface area contributed by atoms with Crippen LogP contribution in [0.2, 0.25) is 0 Å². The van der Waals surface area contributed by atoms with Gasteiger partial charge >= 0.3 is 0 Å². The van der Waals surface area contributed by atoms with Gasteiger partial charge in [-0.25, -0.2) is 9.66 Å². The van der Waals surface area contributed by atoms with Gasteiger partial charge in [0.15, 0.2) is 0 Å². The Morgan fingerprint density at radius 3 is 2.64 bits per heavy atom. The number of carbonyl (C=O) groups excluding carboxylic acids is 1. The Bertz CT molecular complexity index is 982. The number of nitrogens with one attached hydrogen (secondary N) is 1. The van der Waals surface area contributed by atoms with Crippen LogP contribution in [0.15, 0.2) is 73.1 Å². The molecule has 4 rings (SSSR count). The number of hydrogen-bond donors (Lipinski definition) is 1. The highest BCUT2D eigenvalue weighted by molar-refractivity contribution is 6.10. The maximum Gasteiger partial charge on any atom is 0.270 e. The fourth-order valence-electron chi connectivity index (χ4n) is 2.64. The highest BCUT2D eigenvalue weighted by Crippen LogP contribution is 2.19. The van der Waals surface area contributed by atoms with Gasteiger partial charge in [-0.05, 0) is 29.0 Å². The van der Waals surface area contributed by atoms with Gasteiger partial charge in [-0.2, -0.15) is 0 Å². The van der Waals surface area contributed by atoms with Gasteiger partial charge in [0.05, 0.1) is 11.0 Å². The third-order valence-corrected chi connectivity index (χ3v) is 3.71. The van der Waals surface area contributed by atoms with Crippen LogP contribution in [0.3, 0.4) is 0 Å². The van der Waals surface area contributed by atoms with Crippen LogP contribution in [0.25, 0.3) is 21.8 Å². The Kier molecular flexibility index (Phi) is 2.86. The summed E-state index contributed by atoms with van der Waals surface area (Å²) in [5.74, 6) is -0.153. The number of amides is 1. The molecule has 1 amide bonds. The number of rotatable bonds is 2. The van der Waals surface area contributed by atoms with Crippen LogP contribution >= 0.6 is 0 Å². The molecule has 106 valence electrons. The van der Waals surface area contributed by atoms with Crippen LogP contribution in [-0.2, 0) is 0 Å². The molecule has 1 N–H and O–H groups in total. The van der Waals surface area contributed by atoms with E-state index in [0.29, 0.717) is 5.56 Å². The number of benzene rings is 3. The van der Waals surface area contributed by atoms with Crippen molar-refractivity contribution >= 4 is 27.7 Å². The second-order valence-corrected chi connectivity index (χ2v) is 5.07. The number of carbonyl (C=O) groups is 1. The molecule has 0 atom stereocenters. The quantitative estimate of drug-likeness (QED) is 0.612. The first kappa shape index (κ1) is 12.6. The highest BCUT2D eigenvalue weighted by Gasteiger charge is 2.11. The number of fused-ring (bicyclic) bond motifs is 2. The van der Waals surface area contributed by atoms with Gasteiger partial charge in [0.25, 0.3) is 5.91 Å². The van der Waals surface area contributed by atoms with Gasteiger partial charge in [0.2, 0.25) is 0 Å². The molecule has 0 aliphatic carbocycles. The van der Waals surface area contributed by atoms with E-state index in [-0.39, 0.29) is 5.91 Å². The minimum atomic E-state index is -0.153. The fourth-order valence-corrected chi connectivity index (χ4v) is 2.64. The number of imidazole rings is 1. The molecule has 22 heavy (non-hydrogen) atoms. The van der Waals surface area contributed by atoms with Crippen molar-refractivity contribution in [2.45, 2.75) is 0 Å². The minimum absolute atomic E-state index is 0.153. The van der Waals surface area contributed by atoms with Gasteiger partial charge in [0.1, 0.15) is 6.33 Å². The van der Waals surface area contributed by atoms with Crippen LogP contribution in [0.4, 0.5) is 0 Å². The van der Waals surface area contributed by atoms with E-state index in [1.165, 1.54) is 0 Å². The molecule has 4 nitrogen and oxygen atoms in total. The Balaban J connectivity index is 1.75. The standard InChI is InChI=1S/C18H13N3O/c22-18(15-9-5-7-13-6-1-2-8-14(13)15)20-21-12-19-16-10-3-4-11-17(16)21/h1-12H,(H,20,22). The summed E-state index contributed by atoms with van der Waals surface area (Å²) in [5, 5.41) is 1.98. The van der Waals surface area contributed by atoms with Crippen LogP contribution < -0.4 is 5.43 Å². The fraction of sp³-hybridized carbons (Fsp3) is 0. The van der Waals surface area contributed by atoms with E-state index in [2.05, 4.69) is 10.4 Å². The van der Waals surface area contributed by atoms with Crippen molar-refractivity contribution in [1.29, 1.82) is 0 Å². The zero-order chi connectivity index (χ0) is 14.9. The summed E-state index contributed by atoms with van der Waals surface area (Å²) in [5.41, 5.74) is 5.26. The number of nitrogens with zero attached hydrogens (tertiary/aromatic N) is 2. The van der Waals surface area contributed by atoms with Crippen molar-refractivity contribution in [3.05, 3.63) is 78.6 Å². The molecule has 4 aromatic rings. The molecule has 0 fully saturated rings. The summed E-state index contributed by atoms with van der Waals surface area (Å²) < 4.78 is 1.65. The van der Waals surface area contributed by atoms with Gasteiger partial charge in [-0.1, -0.05) is 48.5 Å². The van der Waals surface area contributed by atoms with Gasteiger partial charge < -0.3 is 0 Å². The Labute approximate surface area is 127 Å². The molecule has 0 unspecified atom stereocenters. The SMILES string of the molecule is O=C(Nn1cnc2ccccc21)c1cccc2ccccc12. The molecule has 0 aliphatic rings. The number of hydrogen-bond acceptors (Lipinski definition) is 2. The van der Waals surface area contributed by atoms with E-state index in [0.717, 1.165) is 21.8 Å². The van der Waals surface area contributed by atoms with E-state index in [4.69, 9.17) is 0 Å². The molecule has 0 saturated carbocycles. The summed E-state index contributed by atoms with van der Waals surface area (Å²) in [6.07, 6.45) is 1.62. The monoisotopic (exact) mass is 287 g/mol. The molecule has 0 saturated heterocycles. The van der Waals surface area contributed by atoms with E-state index >= 15 is 0 Å². The summed E-state index contributed by atoms with van der Waals surface area (Å²) in [6.45, 7) is 0. The summed E-state index contributed by atoms with van der Waals surface area (Å²) in [6, 6.07) is 21.3. The van der Waals surface area contributed by atoms with Crippen molar-refractivity contribution < 1.29 is 4.79 Å². The Hall–Kier alpha value is -3.14. The van der Waals surface area contributed by atoms with E-state index in [9.17, 15) is 4.79 Å². The molecular formula is C18H13N3O. The summed E-state index contributed by atoms with van der Waals surface area (Å²) >= 11 is 0. The third kappa shape index (κ3) is 2.02. The first-order chi connectivity index (χ1) is 10.8. The Morgan fingerprint density at radius 1 is 0.909 bits per heavy atom. The molecule has 0 radical (unpaired) electrons. The van der Waals surface area contributed by atoms with Gasteiger partial charge in [-0.3, -0.25) is 10.2 Å². The average Bonchev–Trinajstić information content (AvgIpc) is 2.97. The van der Waals surface area contributed by atoms with Crippen molar-refractivity contribution in [2.75, 3.05) is 5.43 Å². The lowest BCUT2D eigenvalue weighted by Crippen LogP contribution is -2.22. The maximum atomic E-state index is 12.6. The van der Waals surface area contributed by atoms with E-state index in [1.807, 2.05) is 66.7 Å². The second-order valence-electron chi connectivity index (χ2n) is 5.07. The predicted octanol–water partition coefficient (Wildman–Crippen LogP) is 3.57. The van der Waals surface area contributed by atoms with Crippen molar-refractivity contribution in [3.63, 3.8) is 0 Å². The van der Waals surface area contributed by atoms with Crippen LogP contribution in [0, 0.1) is 0 Å². The van der Waals surface area contributed by atoms with Crippen LogP contribution in [-0.4, -0.2) is 15.6 Å². The van der Waals surface area contributed by atoms with Crippen molar-refractivity contribution in [2.24, 2.45) is 0 Å². The lowest BCUT2D eigenvalue weighted by Gasteiger charge is -2.09. The van der Waals surface area contributed by atoms with Crippen LogP contribution in [0.1, 0.15) is 10.4 Å². The molecule has 1 aromatic heterocycles. The van der Waals surface area contributed by atoms with Crippen LogP contribution in [0.5, 0.6) is 0 Å². The smallest absolute Gasteiger partial charge is 0.267 e. The lowest BCUT2D eigenvalue weighted by molar-refractivity contribution is 0.101. The highest BCUT2D eigenvalue weighted by atomic mass is 16.2. The predicted molar refractivity (Wildman–Crippen MR) is 87.4 cm³/mol. The summed E-state index contributed by atoms with van der Waals surface area (Å²) in [4.78, 5) is 16.9. The molecular weight excluding hydrogens is 274 g/mol. The molecule has 0 aliphatic heterocycles. The lowest BCUT2D eigenvalue weighted by atomic mass is 10.0. The molecule has 0 spiro atoms. The second kappa shape index (κ2) is 5.00. The van der Waals surface area contributed by atoms with Crippen molar-refractivity contribution in [1.82, 2.24) is 9.66 Å². The largest absolute Gasteiger partial charge is 0.270 e. The zero-order valence-corrected chi connectivity index (χ0v) is 11.7. The van der Waals surface area contributed by atoms with Gasteiger partial charge in [0, 0.05) is 5.56 Å². The third-order valence-electron chi connectivity index (χ3n) is 3.71. The normalized spacial score (nSPS) is 10.9. The first-order valence-corrected chi connectivity index (χ1v) is 7.04.